The Morgan fingerprint density at radius 1 is 1.56 bits per heavy atom. The molecule has 3 heteroatoms. The van der Waals surface area contributed by atoms with E-state index in [-0.39, 0.29) is 11.9 Å². The summed E-state index contributed by atoms with van der Waals surface area (Å²) in [6.07, 6.45) is 4.21. The first-order valence-electron chi connectivity index (χ1n) is 5.36. The standard InChI is InChI=1S/C13H16ClNO/c1-3-10(2)15-13(16)8-7-11-5-4-6-12(14)9-11/h4-10H,3H2,1-2H3,(H,15,16)/b8-7+. The summed E-state index contributed by atoms with van der Waals surface area (Å²) in [5, 5.41) is 3.53. The van der Waals surface area contributed by atoms with Crippen LogP contribution in [0.2, 0.25) is 5.02 Å². The summed E-state index contributed by atoms with van der Waals surface area (Å²) >= 11 is 5.83. The van der Waals surface area contributed by atoms with Gasteiger partial charge in [-0.3, -0.25) is 4.79 Å². The number of hydrogen-bond donors (Lipinski definition) is 1. The van der Waals surface area contributed by atoms with Crippen LogP contribution in [0.1, 0.15) is 25.8 Å². The van der Waals surface area contributed by atoms with Crippen LogP contribution in [-0.4, -0.2) is 11.9 Å². The van der Waals surface area contributed by atoms with Gasteiger partial charge in [-0.05, 0) is 37.1 Å². The van der Waals surface area contributed by atoms with Gasteiger partial charge < -0.3 is 5.32 Å². The SMILES string of the molecule is CCC(C)NC(=O)/C=C/c1cccc(Cl)c1. The predicted molar refractivity (Wildman–Crippen MR) is 68.4 cm³/mol. The second-order valence-electron chi connectivity index (χ2n) is 3.71. The van der Waals surface area contributed by atoms with Crippen LogP contribution in [0.4, 0.5) is 0 Å². The number of hydrogen-bond acceptors (Lipinski definition) is 1. The minimum atomic E-state index is -0.0747. The molecule has 0 saturated heterocycles. The third kappa shape index (κ3) is 4.49. The summed E-state index contributed by atoms with van der Waals surface area (Å²) in [6, 6.07) is 7.58. The lowest BCUT2D eigenvalue weighted by Gasteiger charge is -2.08. The summed E-state index contributed by atoms with van der Waals surface area (Å²) in [6.45, 7) is 4.01. The van der Waals surface area contributed by atoms with Gasteiger partial charge in [0.05, 0.1) is 0 Å². The molecule has 1 aromatic rings. The number of carbonyl (C=O) groups excluding carboxylic acids is 1. The Kier molecular flexibility index (Phi) is 5.06. The molecule has 1 aromatic carbocycles. The first-order valence-corrected chi connectivity index (χ1v) is 5.73. The average molecular weight is 238 g/mol. The van der Waals surface area contributed by atoms with E-state index in [1.165, 1.54) is 6.08 Å². The molecule has 0 fully saturated rings. The quantitative estimate of drug-likeness (QED) is 0.801. The molecule has 0 bridgehead atoms. The highest BCUT2D eigenvalue weighted by Gasteiger charge is 2.00. The molecule has 0 spiro atoms. The van der Waals surface area contributed by atoms with E-state index >= 15 is 0 Å². The van der Waals surface area contributed by atoms with Crippen molar-refractivity contribution in [1.29, 1.82) is 0 Å². The zero-order chi connectivity index (χ0) is 12.0. The zero-order valence-corrected chi connectivity index (χ0v) is 10.3. The monoisotopic (exact) mass is 237 g/mol. The summed E-state index contributed by atoms with van der Waals surface area (Å²) in [5.74, 6) is -0.0747. The fourth-order valence-corrected chi connectivity index (χ4v) is 1.37. The molecule has 0 aliphatic carbocycles. The van der Waals surface area contributed by atoms with E-state index in [1.54, 1.807) is 12.1 Å². The van der Waals surface area contributed by atoms with Crippen molar-refractivity contribution in [2.45, 2.75) is 26.3 Å². The van der Waals surface area contributed by atoms with E-state index < -0.39 is 0 Å². The van der Waals surface area contributed by atoms with Crippen molar-refractivity contribution in [3.05, 3.63) is 40.9 Å². The number of amides is 1. The van der Waals surface area contributed by atoms with E-state index in [4.69, 9.17) is 11.6 Å². The molecule has 0 saturated carbocycles. The Bertz CT molecular complexity index is 387. The summed E-state index contributed by atoms with van der Waals surface area (Å²) in [7, 11) is 0. The average Bonchev–Trinajstić information content (AvgIpc) is 2.26. The van der Waals surface area contributed by atoms with Crippen LogP contribution in [0.25, 0.3) is 6.08 Å². The van der Waals surface area contributed by atoms with Crippen LogP contribution in [0, 0.1) is 0 Å². The van der Waals surface area contributed by atoms with Gasteiger partial charge in [0, 0.05) is 17.1 Å². The first kappa shape index (κ1) is 12.8. The fourth-order valence-electron chi connectivity index (χ4n) is 1.18. The van der Waals surface area contributed by atoms with Gasteiger partial charge in [0.1, 0.15) is 0 Å². The smallest absolute Gasteiger partial charge is 0.244 e. The Labute approximate surface area is 101 Å². The maximum Gasteiger partial charge on any atom is 0.244 e. The van der Waals surface area contributed by atoms with Gasteiger partial charge in [-0.1, -0.05) is 30.7 Å². The molecular formula is C13H16ClNO. The van der Waals surface area contributed by atoms with Crippen LogP contribution in [0.5, 0.6) is 0 Å². The number of rotatable bonds is 4. The Hall–Kier alpha value is -1.28. The van der Waals surface area contributed by atoms with Gasteiger partial charge in [0.25, 0.3) is 0 Å². The van der Waals surface area contributed by atoms with E-state index in [0.717, 1.165) is 12.0 Å². The third-order valence-electron chi connectivity index (χ3n) is 2.28. The maximum absolute atomic E-state index is 11.4. The van der Waals surface area contributed by atoms with Crippen molar-refractivity contribution in [2.24, 2.45) is 0 Å². The molecule has 0 heterocycles. The van der Waals surface area contributed by atoms with E-state index in [0.29, 0.717) is 5.02 Å². The molecular weight excluding hydrogens is 222 g/mol. The normalized spacial score (nSPS) is 12.7. The Balaban J connectivity index is 2.56. The molecule has 1 unspecified atom stereocenters. The van der Waals surface area contributed by atoms with Crippen molar-refractivity contribution in [2.75, 3.05) is 0 Å². The van der Waals surface area contributed by atoms with Crippen molar-refractivity contribution >= 4 is 23.6 Å². The van der Waals surface area contributed by atoms with Crippen molar-refractivity contribution in [3.63, 3.8) is 0 Å². The highest BCUT2D eigenvalue weighted by Crippen LogP contribution is 2.11. The molecule has 2 nitrogen and oxygen atoms in total. The van der Waals surface area contributed by atoms with Crippen molar-refractivity contribution in [1.82, 2.24) is 5.32 Å². The molecule has 0 aliphatic rings. The molecule has 0 radical (unpaired) electrons. The lowest BCUT2D eigenvalue weighted by molar-refractivity contribution is -0.117. The van der Waals surface area contributed by atoms with E-state index in [2.05, 4.69) is 5.32 Å². The van der Waals surface area contributed by atoms with Crippen LogP contribution in [-0.2, 0) is 4.79 Å². The number of nitrogens with one attached hydrogen (secondary N) is 1. The lowest BCUT2D eigenvalue weighted by atomic mass is 10.2. The molecule has 1 amide bonds. The lowest BCUT2D eigenvalue weighted by Crippen LogP contribution is -2.30. The summed E-state index contributed by atoms with van der Waals surface area (Å²) in [5.41, 5.74) is 0.923. The van der Waals surface area contributed by atoms with Crippen LogP contribution >= 0.6 is 11.6 Å². The number of halogens is 1. The van der Waals surface area contributed by atoms with Gasteiger partial charge in [0.15, 0.2) is 0 Å². The molecule has 86 valence electrons. The number of benzene rings is 1. The predicted octanol–water partition coefficient (Wildman–Crippen LogP) is 3.27. The second kappa shape index (κ2) is 6.33. The van der Waals surface area contributed by atoms with Crippen molar-refractivity contribution in [3.8, 4) is 0 Å². The fraction of sp³-hybridized carbons (Fsp3) is 0.308. The third-order valence-corrected chi connectivity index (χ3v) is 2.51. The Morgan fingerprint density at radius 3 is 2.94 bits per heavy atom. The van der Waals surface area contributed by atoms with Gasteiger partial charge in [0.2, 0.25) is 5.91 Å². The first-order chi connectivity index (χ1) is 7.61. The minimum Gasteiger partial charge on any atom is -0.350 e. The van der Waals surface area contributed by atoms with Gasteiger partial charge >= 0.3 is 0 Å². The van der Waals surface area contributed by atoms with E-state index in [9.17, 15) is 4.79 Å². The highest BCUT2D eigenvalue weighted by molar-refractivity contribution is 6.30. The number of carbonyl (C=O) groups is 1. The second-order valence-corrected chi connectivity index (χ2v) is 4.14. The Morgan fingerprint density at radius 2 is 2.31 bits per heavy atom. The van der Waals surface area contributed by atoms with Crippen LogP contribution in [0.3, 0.4) is 0 Å². The van der Waals surface area contributed by atoms with Gasteiger partial charge in [-0.2, -0.15) is 0 Å². The zero-order valence-electron chi connectivity index (χ0n) is 9.53. The molecule has 1 atom stereocenters. The van der Waals surface area contributed by atoms with Gasteiger partial charge in [-0.15, -0.1) is 0 Å². The molecule has 1 N–H and O–H groups in total. The molecule has 0 aliphatic heterocycles. The topological polar surface area (TPSA) is 29.1 Å². The van der Waals surface area contributed by atoms with Crippen LogP contribution in [0.15, 0.2) is 30.3 Å². The largest absolute Gasteiger partial charge is 0.350 e. The van der Waals surface area contributed by atoms with Crippen LogP contribution < -0.4 is 5.32 Å². The van der Waals surface area contributed by atoms with Gasteiger partial charge in [-0.25, -0.2) is 0 Å². The summed E-state index contributed by atoms with van der Waals surface area (Å²) in [4.78, 5) is 11.4. The maximum atomic E-state index is 11.4. The molecule has 0 aromatic heterocycles. The molecule has 1 rings (SSSR count). The van der Waals surface area contributed by atoms with E-state index in [1.807, 2.05) is 32.0 Å². The van der Waals surface area contributed by atoms with Crippen molar-refractivity contribution < 1.29 is 4.79 Å². The minimum absolute atomic E-state index is 0.0747. The highest BCUT2D eigenvalue weighted by atomic mass is 35.5. The summed E-state index contributed by atoms with van der Waals surface area (Å²) < 4.78 is 0. The molecule has 16 heavy (non-hydrogen) atoms.